The maximum atomic E-state index is 12.9. The van der Waals surface area contributed by atoms with Crippen molar-refractivity contribution in [3.8, 4) is 28.6 Å². The van der Waals surface area contributed by atoms with Gasteiger partial charge in [-0.25, -0.2) is 0 Å². The van der Waals surface area contributed by atoms with Crippen molar-refractivity contribution in [1.29, 1.82) is 0 Å². The number of phenols is 3. The van der Waals surface area contributed by atoms with Crippen molar-refractivity contribution in [1.82, 2.24) is 14.8 Å². The van der Waals surface area contributed by atoms with Crippen molar-refractivity contribution in [2.24, 2.45) is 0 Å². The van der Waals surface area contributed by atoms with Crippen LogP contribution >= 0.6 is 0 Å². The lowest BCUT2D eigenvalue weighted by atomic mass is 10.1. The monoisotopic (exact) mass is 473 g/mol. The first-order valence-corrected chi connectivity index (χ1v) is 11.1. The number of amides is 1. The predicted octanol–water partition coefficient (Wildman–Crippen LogP) is 2.93. The SMILES string of the molecule is O=C(c1ccccn1)N1CCN(Cc2c(O)cc(O)c3c(=O)cc(-c4ccc(O)cc4)oc23)CC1. The Balaban J connectivity index is 1.43. The molecule has 1 aliphatic rings. The number of phenolic OH excluding ortho intramolecular Hbond substituents is 3. The molecule has 0 spiro atoms. The average Bonchev–Trinajstić information content (AvgIpc) is 2.87. The van der Waals surface area contributed by atoms with E-state index in [0.29, 0.717) is 43.0 Å². The summed E-state index contributed by atoms with van der Waals surface area (Å²) in [5.74, 6) is -0.355. The Bertz CT molecular complexity index is 1440. The van der Waals surface area contributed by atoms with E-state index in [1.807, 2.05) is 4.90 Å². The highest BCUT2D eigenvalue weighted by Gasteiger charge is 2.25. The highest BCUT2D eigenvalue weighted by atomic mass is 16.3. The molecule has 3 heterocycles. The number of fused-ring (bicyclic) bond motifs is 1. The van der Waals surface area contributed by atoms with Crippen LogP contribution in [0.25, 0.3) is 22.3 Å². The van der Waals surface area contributed by atoms with Gasteiger partial charge in [0.15, 0.2) is 11.0 Å². The summed E-state index contributed by atoms with van der Waals surface area (Å²) >= 11 is 0. The molecule has 5 rings (SSSR count). The molecule has 1 amide bonds. The van der Waals surface area contributed by atoms with Gasteiger partial charge in [-0.3, -0.25) is 19.5 Å². The highest BCUT2D eigenvalue weighted by Crippen LogP contribution is 2.36. The number of pyridine rings is 1. The van der Waals surface area contributed by atoms with Crippen molar-refractivity contribution in [2.45, 2.75) is 6.54 Å². The Morgan fingerprint density at radius 2 is 1.69 bits per heavy atom. The predicted molar refractivity (Wildman–Crippen MR) is 128 cm³/mol. The number of aromatic hydroxyl groups is 3. The smallest absolute Gasteiger partial charge is 0.272 e. The van der Waals surface area contributed by atoms with Crippen molar-refractivity contribution in [2.75, 3.05) is 26.2 Å². The zero-order valence-corrected chi connectivity index (χ0v) is 18.7. The average molecular weight is 473 g/mol. The summed E-state index contributed by atoms with van der Waals surface area (Å²) in [5, 5.41) is 30.5. The number of hydrogen-bond donors (Lipinski definition) is 3. The quantitative estimate of drug-likeness (QED) is 0.413. The van der Waals surface area contributed by atoms with Gasteiger partial charge >= 0.3 is 0 Å². The van der Waals surface area contributed by atoms with E-state index >= 15 is 0 Å². The van der Waals surface area contributed by atoms with Crippen LogP contribution in [0, 0.1) is 0 Å². The molecule has 4 aromatic rings. The Hall–Kier alpha value is -4.37. The standard InChI is InChI=1S/C26H23N3O6/c30-17-6-4-16(5-7-17)23-14-22(33)24-21(32)13-20(31)18(25(24)35-23)15-28-9-11-29(12-10-28)26(34)19-3-1-2-8-27-19/h1-8,13-14,30-32H,9-12,15H2. The van der Waals surface area contributed by atoms with Crippen LogP contribution in [0.5, 0.6) is 17.2 Å². The minimum absolute atomic E-state index is 0.00991. The number of benzene rings is 2. The van der Waals surface area contributed by atoms with E-state index < -0.39 is 5.43 Å². The number of hydrogen-bond acceptors (Lipinski definition) is 8. The summed E-state index contributed by atoms with van der Waals surface area (Å²) in [6.45, 7) is 2.31. The van der Waals surface area contributed by atoms with Crippen LogP contribution in [0.1, 0.15) is 16.1 Å². The van der Waals surface area contributed by atoms with Gasteiger partial charge in [-0.1, -0.05) is 6.07 Å². The Morgan fingerprint density at radius 1 is 0.943 bits per heavy atom. The van der Waals surface area contributed by atoms with Crippen LogP contribution in [-0.4, -0.2) is 62.2 Å². The molecule has 1 aliphatic heterocycles. The summed E-state index contributed by atoms with van der Waals surface area (Å²) in [6, 6.07) is 13.8. The van der Waals surface area contributed by atoms with Gasteiger partial charge in [0.05, 0.1) is 5.56 Å². The maximum Gasteiger partial charge on any atom is 0.272 e. The second kappa shape index (κ2) is 9.11. The van der Waals surface area contributed by atoms with Gasteiger partial charge < -0.3 is 24.6 Å². The van der Waals surface area contributed by atoms with Gasteiger partial charge in [-0.05, 0) is 36.4 Å². The molecule has 35 heavy (non-hydrogen) atoms. The summed E-state index contributed by atoms with van der Waals surface area (Å²) in [4.78, 5) is 33.4. The number of carbonyl (C=O) groups excluding carboxylic acids is 1. The van der Waals surface area contributed by atoms with Gasteiger partial charge in [0.25, 0.3) is 5.91 Å². The van der Waals surface area contributed by atoms with E-state index in [2.05, 4.69) is 4.98 Å². The molecule has 2 aromatic carbocycles. The molecule has 3 N–H and O–H groups in total. The molecule has 9 nitrogen and oxygen atoms in total. The third kappa shape index (κ3) is 4.41. The molecule has 0 atom stereocenters. The molecule has 0 bridgehead atoms. The number of piperazine rings is 1. The van der Waals surface area contributed by atoms with Gasteiger partial charge in [-0.15, -0.1) is 0 Å². The summed E-state index contributed by atoms with van der Waals surface area (Å²) < 4.78 is 6.02. The lowest BCUT2D eigenvalue weighted by Crippen LogP contribution is -2.48. The van der Waals surface area contributed by atoms with Crippen LogP contribution in [-0.2, 0) is 6.54 Å². The Kier molecular flexibility index (Phi) is 5.84. The van der Waals surface area contributed by atoms with Gasteiger partial charge in [-0.2, -0.15) is 0 Å². The fourth-order valence-electron chi connectivity index (χ4n) is 4.26. The number of aromatic nitrogens is 1. The fourth-order valence-corrected chi connectivity index (χ4v) is 4.26. The van der Waals surface area contributed by atoms with E-state index in [-0.39, 0.29) is 46.4 Å². The normalized spacial score (nSPS) is 14.3. The fraction of sp³-hybridized carbons (Fsp3) is 0.192. The largest absolute Gasteiger partial charge is 0.508 e. The molecule has 1 fully saturated rings. The first-order chi connectivity index (χ1) is 16.9. The molecule has 0 aliphatic carbocycles. The first-order valence-electron chi connectivity index (χ1n) is 11.1. The Labute approximate surface area is 200 Å². The van der Waals surface area contributed by atoms with Crippen LogP contribution < -0.4 is 5.43 Å². The lowest BCUT2D eigenvalue weighted by Gasteiger charge is -2.34. The molecule has 178 valence electrons. The molecule has 1 saturated heterocycles. The maximum absolute atomic E-state index is 12.9. The van der Waals surface area contributed by atoms with Crippen molar-refractivity contribution in [3.63, 3.8) is 0 Å². The Morgan fingerprint density at radius 3 is 2.37 bits per heavy atom. The van der Waals surface area contributed by atoms with Gasteiger partial charge in [0.1, 0.15) is 34.1 Å². The van der Waals surface area contributed by atoms with E-state index in [1.54, 1.807) is 41.4 Å². The third-order valence-electron chi connectivity index (χ3n) is 6.14. The van der Waals surface area contributed by atoms with Gasteiger partial charge in [0, 0.05) is 56.6 Å². The summed E-state index contributed by atoms with van der Waals surface area (Å²) in [5.41, 5.74) is 0.993. The van der Waals surface area contributed by atoms with Crippen molar-refractivity contribution in [3.05, 3.63) is 82.3 Å². The van der Waals surface area contributed by atoms with Crippen molar-refractivity contribution < 1.29 is 24.5 Å². The zero-order chi connectivity index (χ0) is 24.5. The minimum atomic E-state index is -0.446. The van der Waals surface area contributed by atoms with E-state index in [1.165, 1.54) is 18.2 Å². The van der Waals surface area contributed by atoms with Gasteiger partial charge in [0.2, 0.25) is 0 Å². The second-order valence-electron chi connectivity index (χ2n) is 8.40. The minimum Gasteiger partial charge on any atom is -0.508 e. The highest BCUT2D eigenvalue weighted by molar-refractivity contribution is 5.92. The topological polar surface area (TPSA) is 127 Å². The molecule has 0 radical (unpaired) electrons. The van der Waals surface area contributed by atoms with E-state index in [9.17, 15) is 24.9 Å². The zero-order valence-electron chi connectivity index (χ0n) is 18.7. The number of carbonyl (C=O) groups is 1. The number of rotatable bonds is 4. The third-order valence-corrected chi connectivity index (χ3v) is 6.14. The number of nitrogens with zero attached hydrogens (tertiary/aromatic N) is 3. The van der Waals surface area contributed by atoms with Crippen LogP contribution in [0.2, 0.25) is 0 Å². The molecule has 0 unspecified atom stereocenters. The molecular formula is C26H23N3O6. The molecule has 0 saturated carbocycles. The van der Waals surface area contributed by atoms with Crippen molar-refractivity contribution >= 4 is 16.9 Å². The van der Waals surface area contributed by atoms with Crippen LogP contribution in [0.15, 0.2) is 70.0 Å². The second-order valence-corrected chi connectivity index (χ2v) is 8.40. The molecule has 9 heteroatoms. The van der Waals surface area contributed by atoms with E-state index in [0.717, 1.165) is 6.07 Å². The van der Waals surface area contributed by atoms with Crippen LogP contribution in [0.4, 0.5) is 0 Å². The molecular weight excluding hydrogens is 450 g/mol. The summed E-state index contributed by atoms with van der Waals surface area (Å²) in [7, 11) is 0. The first kappa shape index (κ1) is 22.4. The van der Waals surface area contributed by atoms with Crippen LogP contribution in [0.3, 0.4) is 0 Å². The lowest BCUT2D eigenvalue weighted by molar-refractivity contribution is 0.0621. The summed E-state index contributed by atoms with van der Waals surface area (Å²) in [6.07, 6.45) is 1.59. The molecule has 2 aromatic heterocycles. The van der Waals surface area contributed by atoms with E-state index in [4.69, 9.17) is 4.42 Å².